The highest BCUT2D eigenvalue weighted by molar-refractivity contribution is 5.84. The number of amides is 1. The van der Waals surface area contributed by atoms with Gasteiger partial charge in [0.25, 0.3) is 0 Å². The van der Waals surface area contributed by atoms with Crippen LogP contribution in [0.5, 0.6) is 0 Å². The van der Waals surface area contributed by atoms with Crippen molar-refractivity contribution in [2.75, 3.05) is 34.0 Å². The van der Waals surface area contributed by atoms with Crippen molar-refractivity contribution in [3.8, 4) is 0 Å². The van der Waals surface area contributed by atoms with E-state index >= 15 is 0 Å². The molecule has 2 bridgehead atoms. The molecule has 0 unspecified atom stereocenters. The van der Waals surface area contributed by atoms with E-state index < -0.39 is 18.0 Å². The van der Waals surface area contributed by atoms with Gasteiger partial charge in [-0.05, 0) is 13.8 Å². The van der Waals surface area contributed by atoms with Gasteiger partial charge in [-0.3, -0.25) is 4.79 Å². The molecule has 9 heteroatoms. The quantitative estimate of drug-likeness (QED) is 0.665. The molecular formula is C17H25NO8. The van der Waals surface area contributed by atoms with E-state index in [-0.39, 0.29) is 42.2 Å². The summed E-state index contributed by atoms with van der Waals surface area (Å²) in [5.74, 6) is -1.40. The van der Waals surface area contributed by atoms with Crippen LogP contribution in [0, 0.1) is 17.8 Å². The Kier molecular flexibility index (Phi) is 5.12. The fourth-order valence-corrected chi connectivity index (χ4v) is 4.90. The van der Waals surface area contributed by atoms with Crippen molar-refractivity contribution in [2.24, 2.45) is 17.8 Å². The third-order valence-electron chi connectivity index (χ3n) is 5.81. The number of Topliss-reactive ketones (excluding diaryl/α,β-unsaturated/α-hetero) is 1. The van der Waals surface area contributed by atoms with Crippen molar-refractivity contribution in [2.45, 2.75) is 38.1 Å². The van der Waals surface area contributed by atoms with Gasteiger partial charge in [0.2, 0.25) is 0 Å². The van der Waals surface area contributed by atoms with Gasteiger partial charge in [-0.25, -0.2) is 9.59 Å². The first-order chi connectivity index (χ1) is 12.4. The van der Waals surface area contributed by atoms with E-state index in [2.05, 4.69) is 4.74 Å². The van der Waals surface area contributed by atoms with Crippen molar-refractivity contribution in [1.82, 2.24) is 4.90 Å². The van der Waals surface area contributed by atoms with Crippen LogP contribution >= 0.6 is 0 Å². The topological polar surface area (TPSA) is 101 Å². The van der Waals surface area contributed by atoms with Crippen molar-refractivity contribution < 1.29 is 38.1 Å². The molecule has 26 heavy (non-hydrogen) atoms. The number of carbonyl (C=O) groups is 3. The second kappa shape index (κ2) is 7.03. The smallest absolute Gasteiger partial charge is 0.453 e. The minimum absolute atomic E-state index is 0.0168. The molecule has 4 aliphatic rings. The van der Waals surface area contributed by atoms with Crippen molar-refractivity contribution in [3.63, 3.8) is 0 Å². The van der Waals surface area contributed by atoms with Gasteiger partial charge in [-0.15, -0.1) is 0 Å². The molecule has 3 saturated heterocycles. The van der Waals surface area contributed by atoms with Gasteiger partial charge in [0.1, 0.15) is 5.78 Å². The highest BCUT2D eigenvalue weighted by Crippen LogP contribution is 2.61. The Hall–Kier alpha value is -1.87. The Morgan fingerprint density at radius 1 is 1.15 bits per heavy atom. The van der Waals surface area contributed by atoms with Crippen LogP contribution in [0.4, 0.5) is 9.59 Å². The number of ether oxygens (including phenoxy) is 5. The fourth-order valence-electron chi connectivity index (χ4n) is 4.90. The van der Waals surface area contributed by atoms with E-state index in [9.17, 15) is 14.4 Å². The minimum atomic E-state index is -0.842. The maximum atomic E-state index is 12.4. The molecule has 0 aromatic rings. The van der Waals surface area contributed by atoms with Crippen molar-refractivity contribution in [3.05, 3.63) is 0 Å². The van der Waals surface area contributed by atoms with Gasteiger partial charge in [0, 0.05) is 30.2 Å². The molecule has 0 spiro atoms. The zero-order valence-electron chi connectivity index (χ0n) is 15.4. The Balaban J connectivity index is 1.84. The highest BCUT2D eigenvalue weighted by Gasteiger charge is 2.73. The van der Waals surface area contributed by atoms with E-state index in [0.717, 1.165) is 0 Å². The number of hydrogen-bond acceptors (Lipinski definition) is 8. The van der Waals surface area contributed by atoms with Crippen molar-refractivity contribution in [1.29, 1.82) is 0 Å². The van der Waals surface area contributed by atoms with Crippen LogP contribution in [0.3, 0.4) is 0 Å². The first-order valence-electron chi connectivity index (χ1n) is 8.71. The Morgan fingerprint density at radius 2 is 1.81 bits per heavy atom. The molecular weight excluding hydrogens is 346 g/mol. The van der Waals surface area contributed by atoms with Crippen LogP contribution in [0.1, 0.15) is 20.3 Å². The molecule has 0 aromatic carbocycles. The van der Waals surface area contributed by atoms with E-state index in [0.29, 0.717) is 19.6 Å². The lowest BCUT2D eigenvalue weighted by atomic mass is 9.58. The van der Waals surface area contributed by atoms with Crippen molar-refractivity contribution >= 4 is 18.0 Å². The predicted octanol–water partition coefficient (Wildman–Crippen LogP) is 1.19. The van der Waals surface area contributed by atoms with Crippen LogP contribution in [-0.4, -0.2) is 74.8 Å². The molecule has 4 rings (SSSR count). The minimum Gasteiger partial charge on any atom is -0.453 e. The molecule has 1 saturated carbocycles. The molecule has 3 aliphatic heterocycles. The summed E-state index contributed by atoms with van der Waals surface area (Å²) in [6, 6.07) is -0.656. The maximum Gasteiger partial charge on any atom is 0.507 e. The van der Waals surface area contributed by atoms with Crippen LogP contribution < -0.4 is 0 Å². The normalized spacial score (nSPS) is 34.2. The Morgan fingerprint density at radius 3 is 2.35 bits per heavy atom. The molecule has 0 radical (unpaired) electrons. The summed E-state index contributed by atoms with van der Waals surface area (Å²) in [5, 5.41) is 0. The summed E-state index contributed by atoms with van der Waals surface area (Å²) in [7, 11) is 2.54. The largest absolute Gasteiger partial charge is 0.507 e. The second-order valence-electron chi connectivity index (χ2n) is 6.98. The van der Waals surface area contributed by atoms with Crippen LogP contribution in [0.2, 0.25) is 0 Å². The Bertz CT molecular complexity index is 587. The highest BCUT2D eigenvalue weighted by atomic mass is 16.7. The first-order valence-corrected chi connectivity index (χ1v) is 8.71. The lowest BCUT2D eigenvalue weighted by molar-refractivity contribution is -0.226. The lowest BCUT2D eigenvalue weighted by Crippen LogP contribution is -2.61. The lowest BCUT2D eigenvalue weighted by Gasteiger charge is -2.49. The predicted molar refractivity (Wildman–Crippen MR) is 86.3 cm³/mol. The van der Waals surface area contributed by atoms with Gasteiger partial charge in [0.05, 0.1) is 40.1 Å². The molecule has 9 nitrogen and oxygen atoms in total. The van der Waals surface area contributed by atoms with Gasteiger partial charge in [-0.2, -0.15) is 0 Å². The molecule has 5 atom stereocenters. The van der Waals surface area contributed by atoms with Gasteiger partial charge in [-0.1, -0.05) is 0 Å². The first kappa shape index (κ1) is 18.9. The van der Waals surface area contributed by atoms with E-state index in [1.54, 1.807) is 4.90 Å². The molecule has 1 aliphatic carbocycles. The number of fused-ring (bicyclic) bond motifs is 1. The number of hydrogen-bond donors (Lipinski definition) is 0. The third-order valence-corrected chi connectivity index (χ3v) is 5.81. The van der Waals surface area contributed by atoms with Gasteiger partial charge < -0.3 is 28.6 Å². The number of methoxy groups -OCH3 is 2. The summed E-state index contributed by atoms with van der Waals surface area (Å²) < 4.78 is 26.0. The molecule has 3 heterocycles. The second-order valence-corrected chi connectivity index (χ2v) is 6.98. The Labute approximate surface area is 151 Å². The zero-order chi connectivity index (χ0) is 19.1. The number of carbonyl (C=O) groups excluding carboxylic acids is 3. The molecule has 146 valence electrons. The van der Waals surface area contributed by atoms with Crippen LogP contribution in [0.15, 0.2) is 0 Å². The monoisotopic (exact) mass is 371 g/mol. The molecule has 0 aromatic heterocycles. The van der Waals surface area contributed by atoms with E-state index in [1.807, 2.05) is 6.92 Å². The molecule has 4 fully saturated rings. The van der Waals surface area contributed by atoms with Gasteiger partial charge in [0.15, 0.2) is 5.79 Å². The summed E-state index contributed by atoms with van der Waals surface area (Å²) in [5.41, 5.74) is 0. The van der Waals surface area contributed by atoms with Crippen LogP contribution in [-0.2, 0) is 28.5 Å². The summed E-state index contributed by atoms with van der Waals surface area (Å²) in [6.45, 7) is 4.41. The standard InChI is InChI=1S/C17H25NO8/c1-9(19)11-12-10(5-6-24-16(21)23-4)18(15(20)22-3)14(11)13(12)17(2)25-7-8-26-17/h10-14H,5-8H2,1-4H3/t10-,11-,12-,13-,14+/m1/s1. The number of ketones is 1. The maximum absolute atomic E-state index is 12.4. The zero-order valence-corrected chi connectivity index (χ0v) is 15.4. The summed E-state index contributed by atoms with van der Waals surface area (Å²) in [6.07, 6.45) is -0.910. The molecule has 1 amide bonds. The van der Waals surface area contributed by atoms with Gasteiger partial charge >= 0.3 is 12.2 Å². The number of nitrogens with zero attached hydrogens (tertiary/aromatic N) is 1. The van der Waals surface area contributed by atoms with E-state index in [4.69, 9.17) is 18.9 Å². The summed E-state index contributed by atoms with van der Waals surface area (Å²) >= 11 is 0. The van der Waals surface area contributed by atoms with Crippen LogP contribution in [0.25, 0.3) is 0 Å². The average molecular weight is 371 g/mol. The third kappa shape index (κ3) is 2.83. The SMILES string of the molecule is COC(=O)OCC[C@@H]1[C@@H]2[C@@H](C(C)=O)[C@@H]([C@@H]2C2(C)OCCO2)N1C(=O)OC. The fraction of sp³-hybridized carbons (Fsp3) is 0.824. The average Bonchev–Trinajstić information content (AvgIpc) is 3.24. The van der Waals surface area contributed by atoms with E-state index in [1.165, 1.54) is 21.1 Å². The molecule has 0 N–H and O–H groups in total. The number of rotatable bonds is 5. The summed E-state index contributed by atoms with van der Waals surface area (Å²) in [4.78, 5) is 37.4.